The highest BCUT2D eigenvalue weighted by Gasteiger charge is 2.09. The van der Waals surface area contributed by atoms with E-state index in [-0.39, 0.29) is 5.96 Å². The molecule has 0 saturated carbocycles. The van der Waals surface area contributed by atoms with Gasteiger partial charge in [-0.1, -0.05) is 21.6 Å². The Hall–Kier alpha value is -0.0300. The van der Waals surface area contributed by atoms with Crippen molar-refractivity contribution in [3.05, 3.63) is 0 Å². The van der Waals surface area contributed by atoms with Crippen LogP contribution >= 0.6 is 21.6 Å². The Labute approximate surface area is 68.6 Å². The van der Waals surface area contributed by atoms with Crippen molar-refractivity contribution in [3.63, 3.8) is 0 Å². The SMILES string of the molecule is N=C(N)N1CCSSCC1. The highest BCUT2D eigenvalue weighted by atomic mass is 33.1. The molecule has 58 valence electrons. The van der Waals surface area contributed by atoms with Crippen LogP contribution in [0.2, 0.25) is 0 Å². The smallest absolute Gasteiger partial charge is 0.188 e. The van der Waals surface area contributed by atoms with E-state index in [0.717, 1.165) is 24.6 Å². The summed E-state index contributed by atoms with van der Waals surface area (Å²) in [5.41, 5.74) is 5.33. The highest BCUT2D eigenvalue weighted by Crippen LogP contribution is 2.23. The Morgan fingerprint density at radius 2 is 1.80 bits per heavy atom. The molecule has 0 atom stereocenters. The number of nitrogens with zero attached hydrogens (tertiary/aromatic N) is 1. The Morgan fingerprint density at radius 3 is 2.20 bits per heavy atom. The zero-order chi connectivity index (χ0) is 7.40. The van der Waals surface area contributed by atoms with Crippen LogP contribution in [0.5, 0.6) is 0 Å². The summed E-state index contributed by atoms with van der Waals surface area (Å²) in [5, 5.41) is 7.17. The molecule has 0 unspecified atom stereocenters. The van der Waals surface area contributed by atoms with Crippen molar-refractivity contribution >= 4 is 27.5 Å². The molecule has 0 amide bonds. The van der Waals surface area contributed by atoms with E-state index < -0.39 is 0 Å². The van der Waals surface area contributed by atoms with Crippen LogP contribution in [0.1, 0.15) is 0 Å². The lowest BCUT2D eigenvalue weighted by Gasteiger charge is -2.18. The van der Waals surface area contributed by atoms with Gasteiger partial charge in [0, 0.05) is 24.6 Å². The van der Waals surface area contributed by atoms with Crippen LogP contribution in [0.4, 0.5) is 0 Å². The second-order valence-corrected chi connectivity index (χ2v) is 4.72. The van der Waals surface area contributed by atoms with Gasteiger partial charge in [0.25, 0.3) is 0 Å². The van der Waals surface area contributed by atoms with Crippen LogP contribution in [0.3, 0.4) is 0 Å². The van der Waals surface area contributed by atoms with Crippen LogP contribution in [0, 0.1) is 5.41 Å². The molecule has 1 rings (SSSR count). The first-order chi connectivity index (χ1) is 4.80. The van der Waals surface area contributed by atoms with Crippen LogP contribution < -0.4 is 5.73 Å². The average molecular weight is 177 g/mol. The fourth-order valence-electron chi connectivity index (χ4n) is 0.765. The zero-order valence-electron chi connectivity index (χ0n) is 5.67. The van der Waals surface area contributed by atoms with Gasteiger partial charge >= 0.3 is 0 Å². The molecule has 0 aromatic carbocycles. The summed E-state index contributed by atoms with van der Waals surface area (Å²) in [6.45, 7) is 1.85. The largest absolute Gasteiger partial charge is 0.370 e. The third-order valence-electron chi connectivity index (χ3n) is 1.31. The minimum absolute atomic E-state index is 0.211. The predicted molar refractivity (Wildman–Crippen MR) is 48.4 cm³/mol. The number of nitrogens with one attached hydrogen (secondary N) is 1. The van der Waals surface area contributed by atoms with E-state index in [1.165, 1.54) is 0 Å². The lowest BCUT2D eigenvalue weighted by atomic mass is 10.5. The average Bonchev–Trinajstić information content (AvgIpc) is 2.12. The van der Waals surface area contributed by atoms with Gasteiger partial charge in [-0.25, -0.2) is 0 Å². The summed E-state index contributed by atoms with van der Waals surface area (Å²) >= 11 is 0. The summed E-state index contributed by atoms with van der Waals surface area (Å²) in [6, 6.07) is 0. The molecule has 0 aliphatic carbocycles. The van der Waals surface area contributed by atoms with Crippen molar-refractivity contribution in [2.24, 2.45) is 5.73 Å². The summed E-state index contributed by atoms with van der Waals surface area (Å²) in [5.74, 6) is 2.36. The lowest BCUT2D eigenvalue weighted by molar-refractivity contribution is 0.466. The number of hydrogen-bond acceptors (Lipinski definition) is 3. The van der Waals surface area contributed by atoms with Gasteiger partial charge in [-0.3, -0.25) is 5.41 Å². The molecule has 3 nitrogen and oxygen atoms in total. The van der Waals surface area contributed by atoms with E-state index in [2.05, 4.69) is 0 Å². The van der Waals surface area contributed by atoms with Gasteiger partial charge in [-0.15, -0.1) is 0 Å². The first kappa shape index (κ1) is 8.07. The van der Waals surface area contributed by atoms with Gasteiger partial charge in [-0.2, -0.15) is 0 Å². The molecule has 1 fully saturated rings. The molecular weight excluding hydrogens is 166 g/mol. The Bertz CT molecular complexity index is 120. The maximum Gasteiger partial charge on any atom is 0.188 e. The summed E-state index contributed by atoms with van der Waals surface area (Å²) in [4.78, 5) is 1.91. The molecular formula is C5H11N3S2. The molecule has 1 heterocycles. The predicted octanol–water partition coefficient (Wildman–Crippen LogP) is 0.577. The minimum atomic E-state index is 0.211. The van der Waals surface area contributed by atoms with E-state index in [0.29, 0.717) is 0 Å². The maximum atomic E-state index is 7.17. The van der Waals surface area contributed by atoms with Gasteiger partial charge < -0.3 is 10.6 Å². The normalized spacial score (nSPS) is 20.2. The van der Waals surface area contributed by atoms with Gasteiger partial charge in [0.1, 0.15) is 0 Å². The second-order valence-electron chi connectivity index (χ2n) is 2.02. The van der Waals surface area contributed by atoms with Crippen molar-refractivity contribution in [2.75, 3.05) is 24.6 Å². The third-order valence-corrected chi connectivity index (χ3v) is 3.68. The molecule has 3 N–H and O–H groups in total. The molecule has 0 bridgehead atoms. The van der Waals surface area contributed by atoms with E-state index >= 15 is 0 Å². The summed E-state index contributed by atoms with van der Waals surface area (Å²) in [6.07, 6.45) is 0. The molecule has 1 saturated heterocycles. The quantitative estimate of drug-likeness (QED) is 0.323. The van der Waals surface area contributed by atoms with Gasteiger partial charge in [-0.05, 0) is 0 Å². The molecule has 1 aliphatic heterocycles. The van der Waals surface area contributed by atoms with Crippen LogP contribution in [-0.2, 0) is 0 Å². The fourth-order valence-corrected chi connectivity index (χ4v) is 2.75. The zero-order valence-corrected chi connectivity index (χ0v) is 7.30. The Kier molecular flexibility index (Phi) is 3.21. The van der Waals surface area contributed by atoms with Gasteiger partial charge in [0.2, 0.25) is 0 Å². The van der Waals surface area contributed by atoms with Crippen molar-refractivity contribution in [2.45, 2.75) is 0 Å². The Balaban J connectivity index is 2.35. The van der Waals surface area contributed by atoms with Gasteiger partial charge in [0.15, 0.2) is 5.96 Å². The van der Waals surface area contributed by atoms with E-state index in [1.54, 1.807) is 0 Å². The van der Waals surface area contributed by atoms with Crippen LogP contribution in [0.25, 0.3) is 0 Å². The van der Waals surface area contributed by atoms with Crippen molar-refractivity contribution in [3.8, 4) is 0 Å². The van der Waals surface area contributed by atoms with E-state index in [9.17, 15) is 0 Å². The number of guanidine groups is 1. The topological polar surface area (TPSA) is 53.1 Å². The number of nitrogens with two attached hydrogens (primary N) is 1. The lowest BCUT2D eigenvalue weighted by Crippen LogP contribution is -2.38. The second kappa shape index (κ2) is 3.98. The fraction of sp³-hybridized carbons (Fsp3) is 0.800. The molecule has 0 spiro atoms. The van der Waals surface area contributed by atoms with Crippen molar-refractivity contribution < 1.29 is 0 Å². The van der Waals surface area contributed by atoms with Crippen LogP contribution in [0.15, 0.2) is 0 Å². The van der Waals surface area contributed by atoms with E-state index in [1.807, 2.05) is 26.5 Å². The third kappa shape index (κ3) is 2.30. The molecule has 10 heavy (non-hydrogen) atoms. The molecule has 0 radical (unpaired) electrons. The van der Waals surface area contributed by atoms with Crippen molar-refractivity contribution in [1.82, 2.24) is 4.90 Å². The first-order valence-corrected chi connectivity index (χ1v) is 5.63. The van der Waals surface area contributed by atoms with Crippen molar-refractivity contribution in [1.29, 1.82) is 5.41 Å². The van der Waals surface area contributed by atoms with E-state index in [4.69, 9.17) is 11.1 Å². The summed E-state index contributed by atoms with van der Waals surface area (Å²) < 4.78 is 0. The standard InChI is InChI=1S/C5H11N3S2/c6-5(7)8-1-3-9-10-4-2-8/h1-4H2,(H3,6,7). The molecule has 1 aliphatic rings. The first-order valence-electron chi connectivity index (χ1n) is 3.14. The molecule has 0 aromatic rings. The molecule has 5 heteroatoms. The summed E-state index contributed by atoms with van der Waals surface area (Å²) in [7, 11) is 3.72. The number of rotatable bonds is 0. The monoisotopic (exact) mass is 177 g/mol. The number of hydrogen-bond donors (Lipinski definition) is 2. The van der Waals surface area contributed by atoms with Crippen LogP contribution in [-0.4, -0.2) is 35.5 Å². The maximum absolute atomic E-state index is 7.17. The highest BCUT2D eigenvalue weighted by molar-refractivity contribution is 8.76. The minimum Gasteiger partial charge on any atom is -0.370 e. The molecule has 0 aromatic heterocycles. The van der Waals surface area contributed by atoms with Gasteiger partial charge in [0.05, 0.1) is 0 Å². The Morgan fingerprint density at radius 1 is 1.30 bits per heavy atom.